The predicted molar refractivity (Wildman–Crippen MR) is 106 cm³/mol. The summed E-state index contributed by atoms with van der Waals surface area (Å²) in [6, 6.07) is 10.2. The standard InChI is InChI=1S/C21H28N4O2/c1-21(2,3)27-20(26)23-12-17-14-25-13-16(9-10-19(25)24-17)18(22)11-15-7-5-4-6-8-15/h4-10,13-14,18-19,24H,11-12,22H2,1-3H3,(H,23,26). The third-order valence-corrected chi connectivity index (χ3v) is 4.28. The normalized spacial score (nSPS) is 19.6. The zero-order valence-corrected chi connectivity index (χ0v) is 16.1. The average Bonchev–Trinajstić information content (AvgIpc) is 3.01. The van der Waals surface area contributed by atoms with Crippen molar-refractivity contribution in [1.29, 1.82) is 0 Å². The van der Waals surface area contributed by atoms with Gasteiger partial charge in [0.15, 0.2) is 0 Å². The van der Waals surface area contributed by atoms with E-state index in [9.17, 15) is 4.79 Å². The number of nitrogens with zero attached hydrogens (tertiary/aromatic N) is 1. The van der Waals surface area contributed by atoms with Gasteiger partial charge in [-0.2, -0.15) is 0 Å². The van der Waals surface area contributed by atoms with Crippen LogP contribution in [0.25, 0.3) is 0 Å². The Morgan fingerprint density at radius 1 is 1.30 bits per heavy atom. The van der Waals surface area contributed by atoms with E-state index in [1.54, 1.807) is 0 Å². The first kappa shape index (κ1) is 19.0. The maximum absolute atomic E-state index is 11.8. The van der Waals surface area contributed by atoms with Crippen LogP contribution < -0.4 is 16.4 Å². The molecule has 2 aliphatic heterocycles. The molecule has 0 aliphatic carbocycles. The number of nitrogens with two attached hydrogens (primary N) is 1. The van der Waals surface area contributed by atoms with Gasteiger partial charge in [0.2, 0.25) is 0 Å². The zero-order valence-electron chi connectivity index (χ0n) is 16.1. The number of ether oxygens (including phenoxy) is 1. The number of hydrogen-bond acceptors (Lipinski definition) is 5. The summed E-state index contributed by atoms with van der Waals surface area (Å²) >= 11 is 0. The van der Waals surface area contributed by atoms with Crippen LogP contribution in [0.3, 0.4) is 0 Å². The number of carbonyl (C=O) groups is 1. The van der Waals surface area contributed by atoms with Crippen LogP contribution in [0.4, 0.5) is 4.79 Å². The van der Waals surface area contributed by atoms with Gasteiger partial charge in [-0.25, -0.2) is 4.79 Å². The number of fused-ring (bicyclic) bond motifs is 1. The van der Waals surface area contributed by atoms with Crippen LogP contribution in [0.5, 0.6) is 0 Å². The molecule has 2 atom stereocenters. The second-order valence-electron chi connectivity index (χ2n) is 7.83. The Bertz CT molecular complexity index is 762. The van der Waals surface area contributed by atoms with Gasteiger partial charge in [0.25, 0.3) is 0 Å². The van der Waals surface area contributed by atoms with E-state index in [0.29, 0.717) is 6.54 Å². The fraction of sp³-hybridized carbons (Fsp3) is 0.381. The second-order valence-corrected chi connectivity index (χ2v) is 7.83. The molecule has 1 aromatic carbocycles. The number of hydrogen-bond donors (Lipinski definition) is 3. The molecule has 27 heavy (non-hydrogen) atoms. The zero-order chi connectivity index (χ0) is 19.4. The highest BCUT2D eigenvalue weighted by molar-refractivity contribution is 5.68. The molecule has 2 heterocycles. The molecule has 0 radical (unpaired) electrons. The van der Waals surface area contributed by atoms with Crippen molar-refractivity contribution in [2.24, 2.45) is 5.73 Å². The van der Waals surface area contributed by atoms with Gasteiger partial charge in [-0.3, -0.25) is 0 Å². The third kappa shape index (κ3) is 5.37. The molecule has 3 rings (SSSR count). The fourth-order valence-corrected chi connectivity index (χ4v) is 3.03. The fourth-order valence-electron chi connectivity index (χ4n) is 3.03. The molecule has 0 spiro atoms. The van der Waals surface area contributed by atoms with Crippen LogP contribution in [0, 0.1) is 0 Å². The van der Waals surface area contributed by atoms with Gasteiger partial charge in [0.1, 0.15) is 11.8 Å². The van der Waals surface area contributed by atoms with E-state index in [1.807, 2.05) is 45.2 Å². The quantitative estimate of drug-likeness (QED) is 0.744. The third-order valence-electron chi connectivity index (χ3n) is 4.28. The first-order valence-corrected chi connectivity index (χ1v) is 9.21. The van der Waals surface area contributed by atoms with Crippen molar-refractivity contribution >= 4 is 6.09 Å². The van der Waals surface area contributed by atoms with Gasteiger partial charge in [-0.1, -0.05) is 36.4 Å². The molecule has 6 nitrogen and oxygen atoms in total. The van der Waals surface area contributed by atoms with E-state index in [-0.39, 0.29) is 12.2 Å². The van der Waals surface area contributed by atoms with Crippen molar-refractivity contribution in [3.8, 4) is 0 Å². The van der Waals surface area contributed by atoms with Gasteiger partial charge in [0, 0.05) is 24.1 Å². The minimum absolute atomic E-state index is 0.0492. The first-order valence-electron chi connectivity index (χ1n) is 9.21. The van der Waals surface area contributed by atoms with E-state index in [4.69, 9.17) is 10.5 Å². The number of amides is 1. The van der Waals surface area contributed by atoms with E-state index >= 15 is 0 Å². The van der Waals surface area contributed by atoms with Gasteiger partial charge in [-0.05, 0) is 44.4 Å². The molecule has 144 valence electrons. The monoisotopic (exact) mass is 368 g/mol. The van der Waals surface area contributed by atoms with Crippen LogP contribution in [0.2, 0.25) is 0 Å². The highest BCUT2D eigenvalue weighted by atomic mass is 16.6. The van der Waals surface area contributed by atoms with Crippen LogP contribution in [-0.4, -0.2) is 35.3 Å². The lowest BCUT2D eigenvalue weighted by molar-refractivity contribution is 0.0532. The molecule has 4 N–H and O–H groups in total. The molecule has 2 aliphatic rings. The van der Waals surface area contributed by atoms with Gasteiger partial charge >= 0.3 is 6.09 Å². The Morgan fingerprint density at radius 3 is 2.74 bits per heavy atom. The average molecular weight is 368 g/mol. The summed E-state index contributed by atoms with van der Waals surface area (Å²) < 4.78 is 5.26. The van der Waals surface area contributed by atoms with E-state index in [2.05, 4.69) is 46.0 Å². The maximum atomic E-state index is 11.8. The van der Waals surface area contributed by atoms with E-state index in [0.717, 1.165) is 17.7 Å². The number of nitrogens with one attached hydrogen (secondary N) is 2. The van der Waals surface area contributed by atoms with Crippen LogP contribution >= 0.6 is 0 Å². The van der Waals surface area contributed by atoms with Crippen LogP contribution in [0.1, 0.15) is 26.3 Å². The first-order chi connectivity index (χ1) is 12.8. The summed E-state index contributed by atoms with van der Waals surface area (Å²) in [6.07, 6.45) is 8.61. The Balaban J connectivity index is 1.56. The molecule has 0 saturated heterocycles. The molecular weight excluding hydrogens is 340 g/mol. The molecule has 0 saturated carbocycles. The summed E-state index contributed by atoms with van der Waals surface area (Å²) in [5, 5.41) is 6.13. The molecule has 1 amide bonds. The minimum atomic E-state index is -0.506. The summed E-state index contributed by atoms with van der Waals surface area (Å²) in [4.78, 5) is 13.9. The van der Waals surface area contributed by atoms with Crippen molar-refractivity contribution in [3.05, 3.63) is 71.7 Å². The highest BCUT2D eigenvalue weighted by Gasteiger charge is 2.25. The van der Waals surface area contributed by atoms with E-state index < -0.39 is 11.7 Å². The largest absolute Gasteiger partial charge is 0.444 e. The lowest BCUT2D eigenvalue weighted by atomic mass is 9.98. The van der Waals surface area contributed by atoms with Crippen molar-refractivity contribution in [3.63, 3.8) is 0 Å². The molecule has 0 aromatic heterocycles. The maximum Gasteiger partial charge on any atom is 0.407 e. The Hall–Kier alpha value is -2.73. The Morgan fingerprint density at radius 2 is 2.04 bits per heavy atom. The molecule has 0 bridgehead atoms. The molecular formula is C21H28N4O2. The summed E-state index contributed by atoms with van der Waals surface area (Å²) in [5.41, 5.74) is 9.11. The van der Waals surface area contributed by atoms with Gasteiger partial charge < -0.3 is 26.0 Å². The Kier molecular flexibility index (Phi) is 5.56. The topological polar surface area (TPSA) is 79.6 Å². The predicted octanol–water partition coefficient (Wildman–Crippen LogP) is 2.61. The summed E-state index contributed by atoms with van der Waals surface area (Å²) in [7, 11) is 0. The SMILES string of the molecule is CC(C)(C)OC(=O)NCC1=CN2C=C(C(N)Cc3ccccc3)C=CC2N1. The van der Waals surface area contributed by atoms with Gasteiger partial charge in [0.05, 0.1) is 6.54 Å². The summed E-state index contributed by atoms with van der Waals surface area (Å²) in [6.45, 7) is 5.91. The van der Waals surface area contributed by atoms with Crippen LogP contribution in [0.15, 0.2) is 66.2 Å². The molecule has 2 unspecified atom stereocenters. The van der Waals surface area contributed by atoms with Crippen molar-refractivity contribution < 1.29 is 9.53 Å². The van der Waals surface area contributed by atoms with Crippen molar-refractivity contribution in [2.45, 2.75) is 45.0 Å². The number of benzene rings is 1. The second kappa shape index (κ2) is 7.88. The number of rotatable bonds is 5. The minimum Gasteiger partial charge on any atom is -0.444 e. The van der Waals surface area contributed by atoms with Crippen LogP contribution in [-0.2, 0) is 11.2 Å². The molecule has 6 heteroatoms. The lowest BCUT2D eigenvalue weighted by Gasteiger charge is -2.26. The smallest absolute Gasteiger partial charge is 0.407 e. The van der Waals surface area contributed by atoms with Crippen molar-refractivity contribution in [2.75, 3.05) is 6.54 Å². The number of carbonyl (C=O) groups excluding carboxylic acids is 1. The van der Waals surface area contributed by atoms with Crippen molar-refractivity contribution in [1.82, 2.24) is 15.5 Å². The van der Waals surface area contributed by atoms with Gasteiger partial charge in [-0.15, -0.1) is 0 Å². The lowest BCUT2D eigenvalue weighted by Crippen LogP contribution is -2.38. The molecule has 0 fully saturated rings. The highest BCUT2D eigenvalue weighted by Crippen LogP contribution is 2.21. The van der Waals surface area contributed by atoms with E-state index in [1.165, 1.54) is 5.56 Å². The number of alkyl carbamates (subject to hydrolysis) is 1. The summed E-state index contributed by atoms with van der Waals surface area (Å²) in [5.74, 6) is 0. The molecule has 1 aromatic rings. The Labute approximate surface area is 160 Å².